The van der Waals surface area contributed by atoms with Crippen molar-refractivity contribution in [2.45, 2.75) is 65.8 Å². The van der Waals surface area contributed by atoms with Gasteiger partial charge >= 0.3 is 5.91 Å². The molecule has 2 heterocycles. The fourth-order valence-electron chi connectivity index (χ4n) is 5.32. The number of anilines is 1. The van der Waals surface area contributed by atoms with Crippen LogP contribution in [0.3, 0.4) is 0 Å². The van der Waals surface area contributed by atoms with Gasteiger partial charge in [-0.2, -0.15) is 0 Å². The van der Waals surface area contributed by atoms with Crippen molar-refractivity contribution in [3.63, 3.8) is 0 Å². The van der Waals surface area contributed by atoms with Crippen molar-refractivity contribution in [1.82, 2.24) is 4.98 Å². The Bertz CT molecular complexity index is 1660. The lowest BCUT2D eigenvalue weighted by Crippen LogP contribution is -2.29. The van der Waals surface area contributed by atoms with Crippen molar-refractivity contribution in [2.75, 3.05) is 18.1 Å². The molecule has 1 aliphatic rings. The van der Waals surface area contributed by atoms with Crippen molar-refractivity contribution in [3.05, 3.63) is 88.5 Å². The van der Waals surface area contributed by atoms with Gasteiger partial charge < -0.3 is 14.6 Å². The zero-order chi connectivity index (χ0) is 30.5. The molecule has 1 N–H and O–H groups in total. The SMILES string of the molecule is CCCCCOc1ccc(C2/C(=C(\O)c3cccc(OCCCC)c3)C(=O)C(=O)N2c2nc3c(C)cc(C)cc3s2)cc1. The summed E-state index contributed by atoms with van der Waals surface area (Å²) in [7, 11) is 0. The van der Waals surface area contributed by atoms with E-state index >= 15 is 0 Å². The van der Waals surface area contributed by atoms with E-state index in [2.05, 4.69) is 13.8 Å². The molecule has 1 saturated heterocycles. The van der Waals surface area contributed by atoms with Gasteiger partial charge in [0.1, 0.15) is 17.3 Å². The second kappa shape index (κ2) is 13.4. The number of carbonyl (C=O) groups is 2. The number of aliphatic hydroxyl groups is 1. The van der Waals surface area contributed by atoms with Crippen LogP contribution in [0.15, 0.2) is 66.2 Å². The van der Waals surface area contributed by atoms with Gasteiger partial charge in [0.25, 0.3) is 5.78 Å². The monoisotopic (exact) mass is 598 g/mol. The van der Waals surface area contributed by atoms with Gasteiger partial charge in [-0.3, -0.25) is 14.5 Å². The second-order valence-electron chi connectivity index (χ2n) is 10.9. The van der Waals surface area contributed by atoms with Crippen LogP contribution in [0.25, 0.3) is 16.0 Å². The molecule has 1 aliphatic heterocycles. The standard InChI is InChI=1S/C35H38N2O5S/c1-5-7-9-18-41-26-15-13-24(14-16-26)31-29(32(38)25-11-10-12-27(21-25)42-17-8-6-2)33(39)34(40)37(31)35-36-30-23(4)19-22(3)20-28(30)43-35/h10-16,19-21,31,38H,5-9,17-18H2,1-4H3/b32-29+. The molecule has 1 atom stereocenters. The van der Waals surface area contributed by atoms with Crippen molar-refractivity contribution in [2.24, 2.45) is 0 Å². The van der Waals surface area contributed by atoms with Crippen LogP contribution in [-0.2, 0) is 9.59 Å². The highest BCUT2D eigenvalue weighted by Gasteiger charge is 2.48. The minimum absolute atomic E-state index is 0.0134. The van der Waals surface area contributed by atoms with Crippen molar-refractivity contribution < 1.29 is 24.2 Å². The number of aryl methyl sites for hydroxylation is 2. The van der Waals surface area contributed by atoms with Crippen molar-refractivity contribution >= 4 is 44.1 Å². The number of rotatable bonds is 12. The maximum Gasteiger partial charge on any atom is 0.301 e. The quantitative estimate of drug-likeness (QED) is 0.0764. The number of ketones is 1. The number of hydrogen-bond donors (Lipinski definition) is 1. The maximum absolute atomic E-state index is 13.7. The molecule has 0 saturated carbocycles. The summed E-state index contributed by atoms with van der Waals surface area (Å²) in [6.45, 7) is 9.41. The Hall–Kier alpha value is -4.17. The first kappa shape index (κ1) is 30.3. The Morgan fingerprint density at radius 3 is 2.37 bits per heavy atom. The predicted octanol–water partition coefficient (Wildman–Crippen LogP) is 8.29. The van der Waals surface area contributed by atoms with E-state index in [9.17, 15) is 14.7 Å². The summed E-state index contributed by atoms with van der Waals surface area (Å²) in [4.78, 5) is 33.7. The van der Waals surface area contributed by atoms with Gasteiger partial charge in [-0.1, -0.05) is 74.8 Å². The average Bonchev–Trinajstić information content (AvgIpc) is 3.54. The van der Waals surface area contributed by atoms with Crippen LogP contribution >= 0.6 is 11.3 Å². The van der Waals surface area contributed by atoms with Crippen LogP contribution in [0.5, 0.6) is 11.5 Å². The molecule has 0 radical (unpaired) electrons. The number of ether oxygens (including phenoxy) is 2. The number of thiazole rings is 1. The lowest BCUT2D eigenvalue weighted by molar-refractivity contribution is -0.132. The first-order valence-electron chi connectivity index (χ1n) is 15.0. The lowest BCUT2D eigenvalue weighted by atomic mass is 9.95. The van der Waals surface area contributed by atoms with Gasteiger partial charge in [0.05, 0.1) is 35.0 Å². The summed E-state index contributed by atoms with van der Waals surface area (Å²) in [5.74, 6) is -0.438. The molecule has 43 heavy (non-hydrogen) atoms. The molecule has 8 heteroatoms. The van der Waals surface area contributed by atoms with E-state index < -0.39 is 17.7 Å². The Balaban J connectivity index is 1.59. The topological polar surface area (TPSA) is 89.0 Å². The molecule has 1 aromatic heterocycles. The van der Waals surface area contributed by atoms with Crippen molar-refractivity contribution in [3.8, 4) is 11.5 Å². The molecular formula is C35H38N2O5S. The molecule has 4 aromatic rings. The highest BCUT2D eigenvalue weighted by Crippen LogP contribution is 2.45. The van der Waals surface area contributed by atoms with E-state index in [-0.39, 0.29) is 11.3 Å². The summed E-state index contributed by atoms with van der Waals surface area (Å²) in [6.07, 6.45) is 5.07. The first-order valence-corrected chi connectivity index (χ1v) is 15.8. The van der Waals surface area contributed by atoms with E-state index in [1.165, 1.54) is 16.2 Å². The molecule has 224 valence electrons. The maximum atomic E-state index is 13.7. The summed E-state index contributed by atoms with van der Waals surface area (Å²) in [6, 6.07) is 17.6. The Labute approximate surface area is 256 Å². The van der Waals surface area contributed by atoms with Crippen LogP contribution in [0, 0.1) is 13.8 Å². The summed E-state index contributed by atoms with van der Waals surface area (Å²) in [5.41, 5.74) is 3.97. The molecule has 1 amide bonds. The number of unbranched alkanes of at least 4 members (excludes halogenated alkanes) is 3. The number of aromatic nitrogens is 1. The van der Waals surface area contributed by atoms with Crippen LogP contribution in [0.1, 0.15) is 74.2 Å². The number of fused-ring (bicyclic) bond motifs is 1. The summed E-state index contributed by atoms with van der Waals surface area (Å²) < 4.78 is 12.7. The minimum Gasteiger partial charge on any atom is -0.507 e. The molecule has 5 rings (SSSR count). The Kier molecular flexibility index (Phi) is 9.46. The molecule has 1 fully saturated rings. The van der Waals surface area contributed by atoms with Crippen LogP contribution in [0.4, 0.5) is 5.13 Å². The lowest BCUT2D eigenvalue weighted by Gasteiger charge is -2.23. The summed E-state index contributed by atoms with van der Waals surface area (Å²) in [5, 5.41) is 12.0. The van der Waals surface area contributed by atoms with E-state index in [1.807, 2.05) is 56.3 Å². The third kappa shape index (κ3) is 6.44. The molecule has 0 spiro atoms. The van der Waals surface area contributed by atoms with E-state index in [0.29, 0.717) is 41.0 Å². The number of amides is 1. The normalized spacial score (nSPS) is 16.3. The highest BCUT2D eigenvalue weighted by molar-refractivity contribution is 7.22. The largest absolute Gasteiger partial charge is 0.507 e. The molecule has 3 aromatic carbocycles. The smallest absolute Gasteiger partial charge is 0.301 e. The molecule has 0 aliphatic carbocycles. The van der Waals surface area contributed by atoms with Crippen LogP contribution in [-0.4, -0.2) is 35.0 Å². The van der Waals surface area contributed by atoms with Gasteiger partial charge in [-0.15, -0.1) is 0 Å². The number of hydrogen-bond acceptors (Lipinski definition) is 7. The van der Waals surface area contributed by atoms with Gasteiger partial charge in [-0.25, -0.2) is 4.98 Å². The van der Waals surface area contributed by atoms with Crippen molar-refractivity contribution in [1.29, 1.82) is 0 Å². The Morgan fingerprint density at radius 1 is 0.907 bits per heavy atom. The number of nitrogens with zero attached hydrogens (tertiary/aromatic N) is 2. The Morgan fingerprint density at radius 2 is 1.63 bits per heavy atom. The van der Waals surface area contributed by atoms with Crippen LogP contribution < -0.4 is 14.4 Å². The third-order valence-corrected chi connectivity index (χ3v) is 8.56. The minimum atomic E-state index is -0.874. The number of Topliss-reactive ketones (excluding diaryl/α,β-unsaturated/α-hetero) is 1. The number of carbonyl (C=O) groups excluding carboxylic acids is 2. The zero-order valence-electron chi connectivity index (χ0n) is 25.2. The van der Waals surface area contributed by atoms with E-state index in [1.54, 1.807) is 18.2 Å². The third-order valence-electron chi connectivity index (χ3n) is 7.56. The number of aliphatic hydroxyl groups excluding tert-OH is 1. The summed E-state index contributed by atoms with van der Waals surface area (Å²) >= 11 is 1.36. The molecule has 1 unspecified atom stereocenters. The zero-order valence-corrected chi connectivity index (χ0v) is 26.0. The van der Waals surface area contributed by atoms with Crippen LogP contribution in [0.2, 0.25) is 0 Å². The van der Waals surface area contributed by atoms with E-state index in [0.717, 1.165) is 53.4 Å². The fourth-order valence-corrected chi connectivity index (χ4v) is 6.49. The van der Waals surface area contributed by atoms with Gasteiger partial charge in [0.2, 0.25) is 0 Å². The number of benzene rings is 3. The molecule has 0 bridgehead atoms. The molecular weight excluding hydrogens is 560 g/mol. The highest BCUT2D eigenvalue weighted by atomic mass is 32.1. The fraction of sp³-hybridized carbons (Fsp3) is 0.343. The molecule has 7 nitrogen and oxygen atoms in total. The first-order chi connectivity index (χ1) is 20.8. The average molecular weight is 599 g/mol. The van der Waals surface area contributed by atoms with Gasteiger partial charge in [0, 0.05) is 5.56 Å². The van der Waals surface area contributed by atoms with Gasteiger partial charge in [0.15, 0.2) is 5.13 Å². The van der Waals surface area contributed by atoms with E-state index in [4.69, 9.17) is 14.5 Å². The predicted molar refractivity (Wildman–Crippen MR) is 172 cm³/mol. The van der Waals surface area contributed by atoms with Gasteiger partial charge in [-0.05, 0) is 73.7 Å². The second-order valence-corrected chi connectivity index (χ2v) is 12.0.